The molecule has 4 aromatic rings. The van der Waals surface area contributed by atoms with Crippen LogP contribution in [0.2, 0.25) is 0 Å². The number of aryl methyl sites for hydroxylation is 1. The van der Waals surface area contributed by atoms with Crippen LogP contribution in [-0.2, 0) is 6.54 Å². The number of allylic oxidation sites excluding steroid dienone is 1. The highest BCUT2D eigenvalue weighted by atomic mass is 32.2. The SMILES string of the molecule is C=CCn1c(SCC(=O)c2c(C)[nH]c3ccccc23)nnc1C1COc2ccccc2O1. The molecule has 0 spiro atoms. The average Bonchev–Trinajstić information content (AvgIpc) is 3.37. The zero-order valence-corrected chi connectivity index (χ0v) is 18.4. The molecule has 0 fully saturated rings. The number of hydrogen-bond acceptors (Lipinski definition) is 6. The summed E-state index contributed by atoms with van der Waals surface area (Å²) in [5.41, 5.74) is 2.56. The van der Waals surface area contributed by atoms with Crippen molar-refractivity contribution in [1.29, 1.82) is 0 Å². The van der Waals surface area contributed by atoms with Crippen LogP contribution in [0.5, 0.6) is 11.5 Å². The van der Waals surface area contributed by atoms with Crippen molar-refractivity contribution in [2.45, 2.75) is 24.7 Å². The van der Waals surface area contributed by atoms with Gasteiger partial charge in [-0.05, 0) is 25.1 Å². The summed E-state index contributed by atoms with van der Waals surface area (Å²) in [6.07, 6.45) is 1.39. The lowest BCUT2D eigenvalue weighted by molar-refractivity contribution is 0.0821. The van der Waals surface area contributed by atoms with Gasteiger partial charge in [-0.15, -0.1) is 16.8 Å². The number of aromatic amines is 1. The molecule has 0 saturated heterocycles. The van der Waals surface area contributed by atoms with E-state index in [2.05, 4.69) is 21.8 Å². The molecule has 0 saturated carbocycles. The Morgan fingerprint density at radius 1 is 1.22 bits per heavy atom. The van der Waals surface area contributed by atoms with Crippen molar-refractivity contribution >= 4 is 28.4 Å². The number of ether oxygens (including phenoxy) is 2. The quantitative estimate of drug-likeness (QED) is 0.251. The molecular formula is C24H22N4O3S. The minimum absolute atomic E-state index is 0.0471. The van der Waals surface area contributed by atoms with E-state index in [0.29, 0.717) is 35.6 Å². The molecule has 0 radical (unpaired) electrons. The van der Waals surface area contributed by atoms with Crippen molar-refractivity contribution in [2.75, 3.05) is 12.4 Å². The number of carbonyl (C=O) groups is 1. The van der Waals surface area contributed by atoms with Crippen molar-refractivity contribution in [2.24, 2.45) is 0 Å². The summed E-state index contributed by atoms with van der Waals surface area (Å²) in [6, 6.07) is 15.4. The highest BCUT2D eigenvalue weighted by Gasteiger charge is 2.28. The molecular weight excluding hydrogens is 424 g/mol. The normalized spacial score (nSPS) is 15.1. The third-order valence-electron chi connectivity index (χ3n) is 5.36. The lowest BCUT2D eigenvalue weighted by Gasteiger charge is -2.26. The Morgan fingerprint density at radius 2 is 2.00 bits per heavy atom. The van der Waals surface area contributed by atoms with E-state index in [-0.39, 0.29) is 11.5 Å². The van der Waals surface area contributed by atoms with Gasteiger partial charge in [0.15, 0.2) is 34.4 Å². The number of carbonyl (C=O) groups excluding carboxylic acids is 1. The molecule has 2 aromatic carbocycles. The van der Waals surface area contributed by atoms with E-state index >= 15 is 0 Å². The van der Waals surface area contributed by atoms with Crippen molar-refractivity contribution in [3.63, 3.8) is 0 Å². The van der Waals surface area contributed by atoms with Crippen LogP contribution in [0.1, 0.15) is 28.0 Å². The van der Waals surface area contributed by atoms with Gasteiger partial charge < -0.3 is 14.5 Å². The van der Waals surface area contributed by atoms with Crippen LogP contribution < -0.4 is 9.47 Å². The summed E-state index contributed by atoms with van der Waals surface area (Å²) < 4.78 is 13.9. The molecule has 3 heterocycles. The zero-order chi connectivity index (χ0) is 22.1. The van der Waals surface area contributed by atoms with Crippen molar-refractivity contribution in [3.8, 4) is 11.5 Å². The van der Waals surface area contributed by atoms with Crippen LogP contribution in [0, 0.1) is 6.92 Å². The number of Topliss-reactive ketones (excluding diaryl/α,β-unsaturated/α-hetero) is 1. The Hall–Kier alpha value is -3.52. The number of H-pyrrole nitrogens is 1. The van der Waals surface area contributed by atoms with E-state index in [0.717, 1.165) is 22.2 Å². The molecule has 5 rings (SSSR count). The molecule has 0 amide bonds. The van der Waals surface area contributed by atoms with Crippen molar-refractivity contribution in [3.05, 3.63) is 78.3 Å². The third-order valence-corrected chi connectivity index (χ3v) is 6.33. The smallest absolute Gasteiger partial charge is 0.192 e. The number of nitrogens with one attached hydrogen (secondary N) is 1. The van der Waals surface area contributed by atoms with Gasteiger partial charge in [0, 0.05) is 28.7 Å². The maximum absolute atomic E-state index is 13.1. The minimum Gasteiger partial charge on any atom is -0.485 e. The first-order valence-electron chi connectivity index (χ1n) is 10.3. The molecule has 2 aromatic heterocycles. The first-order valence-corrected chi connectivity index (χ1v) is 11.3. The number of fused-ring (bicyclic) bond motifs is 2. The molecule has 0 bridgehead atoms. The summed E-state index contributed by atoms with van der Waals surface area (Å²) in [5, 5.41) is 10.3. The summed E-state index contributed by atoms with van der Waals surface area (Å²) in [5.74, 6) is 2.34. The first-order chi connectivity index (χ1) is 15.7. The maximum Gasteiger partial charge on any atom is 0.192 e. The average molecular weight is 447 g/mol. The van der Waals surface area contributed by atoms with E-state index in [4.69, 9.17) is 9.47 Å². The van der Waals surface area contributed by atoms with Crippen LogP contribution in [-0.4, -0.2) is 37.9 Å². The summed E-state index contributed by atoms with van der Waals surface area (Å²) in [6.45, 7) is 6.62. The van der Waals surface area contributed by atoms with Gasteiger partial charge in [0.25, 0.3) is 0 Å². The second-order valence-electron chi connectivity index (χ2n) is 7.49. The van der Waals surface area contributed by atoms with E-state index in [1.807, 2.05) is 60.0 Å². The standard InChI is InChI=1S/C24H22N4O3S/c1-3-12-28-23(21-13-30-19-10-6-7-11-20(19)31-21)26-27-24(28)32-14-18(29)22-15(2)25-17-9-5-4-8-16(17)22/h3-11,21,25H,1,12-14H2,2H3. The monoisotopic (exact) mass is 446 g/mol. The van der Waals surface area contributed by atoms with Gasteiger partial charge in [0.2, 0.25) is 0 Å². The van der Waals surface area contributed by atoms with Crippen LogP contribution in [0.3, 0.4) is 0 Å². The third kappa shape index (κ3) is 3.67. The lowest BCUT2D eigenvalue weighted by atomic mass is 10.1. The fourth-order valence-electron chi connectivity index (χ4n) is 3.93. The molecule has 1 aliphatic heterocycles. The van der Waals surface area contributed by atoms with Gasteiger partial charge in [-0.1, -0.05) is 48.2 Å². The van der Waals surface area contributed by atoms with Gasteiger partial charge in [0.1, 0.15) is 6.61 Å². The second-order valence-corrected chi connectivity index (χ2v) is 8.43. The Bertz CT molecular complexity index is 1310. The molecule has 1 N–H and O–H groups in total. The molecule has 1 aliphatic rings. The number of nitrogens with zero attached hydrogens (tertiary/aromatic N) is 3. The van der Waals surface area contributed by atoms with Crippen molar-refractivity contribution in [1.82, 2.24) is 19.7 Å². The fraction of sp³-hybridized carbons (Fsp3) is 0.208. The molecule has 8 heteroatoms. The Kier molecular flexibility index (Phi) is 5.45. The summed E-state index contributed by atoms with van der Waals surface area (Å²) >= 11 is 1.36. The molecule has 32 heavy (non-hydrogen) atoms. The Morgan fingerprint density at radius 3 is 2.84 bits per heavy atom. The predicted molar refractivity (Wildman–Crippen MR) is 124 cm³/mol. The molecule has 1 unspecified atom stereocenters. The number of aromatic nitrogens is 4. The molecule has 1 atom stereocenters. The molecule has 162 valence electrons. The van der Waals surface area contributed by atoms with Crippen LogP contribution in [0.25, 0.3) is 10.9 Å². The topological polar surface area (TPSA) is 82.0 Å². The largest absolute Gasteiger partial charge is 0.485 e. The lowest BCUT2D eigenvalue weighted by Crippen LogP contribution is -2.25. The fourth-order valence-corrected chi connectivity index (χ4v) is 4.76. The highest BCUT2D eigenvalue weighted by molar-refractivity contribution is 7.99. The number of rotatable bonds is 7. The maximum atomic E-state index is 13.1. The van der Waals surface area contributed by atoms with Gasteiger partial charge in [-0.25, -0.2) is 0 Å². The minimum atomic E-state index is -0.390. The van der Waals surface area contributed by atoms with E-state index < -0.39 is 6.10 Å². The molecule has 0 aliphatic carbocycles. The van der Waals surface area contributed by atoms with Gasteiger partial charge >= 0.3 is 0 Å². The number of ketones is 1. The number of benzene rings is 2. The van der Waals surface area contributed by atoms with E-state index in [9.17, 15) is 4.79 Å². The first kappa shape index (κ1) is 20.4. The Balaban J connectivity index is 1.37. The van der Waals surface area contributed by atoms with Crippen LogP contribution in [0.4, 0.5) is 0 Å². The number of para-hydroxylation sites is 3. The second kappa shape index (κ2) is 8.55. The van der Waals surface area contributed by atoms with Gasteiger partial charge in [0.05, 0.1) is 5.75 Å². The van der Waals surface area contributed by atoms with Crippen LogP contribution in [0.15, 0.2) is 66.3 Å². The highest BCUT2D eigenvalue weighted by Crippen LogP contribution is 2.36. The van der Waals surface area contributed by atoms with Crippen molar-refractivity contribution < 1.29 is 14.3 Å². The Labute approximate surface area is 189 Å². The number of hydrogen-bond donors (Lipinski definition) is 1. The predicted octanol–water partition coefficient (Wildman–Crippen LogP) is 4.74. The van der Waals surface area contributed by atoms with E-state index in [1.54, 1.807) is 6.08 Å². The number of thioether (sulfide) groups is 1. The molecule has 7 nitrogen and oxygen atoms in total. The summed E-state index contributed by atoms with van der Waals surface area (Å²) in [4.78, 5) is 16.4. The van der Waals surface area contributed by atoms with Gasteiger partial charge in [-0.2, -0.15) is 0 Å². The van der Waals surface area contributed by atoms with E-state index in [1.165, 1.54) is 11.8 Å². The zero-order valence-electron chi connectivity index (χ0n) is 17.6. The van der Waals surface area contributed by atoms with Gasteiger partial charge in [-0.3, -0.25) is 9.36 Å². The summed E-state index contributed by atoms with van der Waals surface area (Å²) in [7, 11) is 0. The van der Waals surface area contributed by atoms with Crippen LogP contribution >= 0.6 is 11.8 Å².